The Morgan fingerprint density at radius 2 is 1.60 bits per heavy atom. The second-order valence-corrected chi connectivity index (χ2v) is 13.9. The first-order valence-corrected chi connectivity index (χ1v) is 17.9. The van der Waals surface area contributed by atoms with E-state index in [1.807, 2.05) is 0 Å². The molecule has 10 N–H and O–H groups in total. The molecule has 14 atom stereocenters. The lowest BCUT2D eigenvalue weighted by molar-refractivity contribution is -0.300. The summed E-state index contributed by atoms with van der Waals surface area (Å²) in [6.07, 6.45) is -11.0. The Hall–Kier alpha value is -4.80. The van der Waals surface area contributed by atoms with E-state index in [0.717, 1.165) is 18.2 Å². The van der Waals surface area contributed by atoms with Crippen molar-refractivity contribution in [1.82, 2.24) is 0 Å². The van der Waals surface area contributed by atoms with Crippen LogP contribution in [0.5, 0.6) is 5.75 Å². The summed E-state index contributed by atoms with van der Waals surface area (Å²) < 4.78 is 44.4. The van der Waals surface area contributed by atoms with Gasteiger partial charge in [0.25, 0.3) is 0 Å². The minimum absolute atomic E-state index is 0.186. The first kappa shape index (κ1) is 42.8. The van der Waals surface area contributed by atoms with Gasteiger partial charge in [0.1, 0.15) is 84.4 Å². The summed E-state index contributed by atoms with van der Waals surface area (Å²) >= 11 is 0. The molecule has 58 heavy (non-hydrogen) atoms. The van der Waals surface area contributed by atoms with Gasteiger partial charge in [0.2, 0.25) is 23.2 Å². The maximum Gasteiger partial charge on any atom is 0.330 e. The maximum absolute atomic E-state index is 14.1. The average Bonchev–Trinajstić information content (AvgIpc) is 3.19. The fraction of sp³-hybridized carbons (Fsp3) is 0.500. The highest BCUT2D eigenvalue weighted by atomic mass is 16.7. The van der Waals surface area contributed by atoms with E-state index < -0.39 is 132 Å². The number of hydrogen-bond donors (Lipinski definition) is 10. The zero-order valence-corrected chi connectivity index (χ0v) is 31.1. The van der Waals surface area contributed by atoms with Crippen LogP contribution in [0.4, 0.5) is 0 Å². The van der Waals surface area contributed by atoms with E-state index in [1.165, 1.54) is 45.4 Å². The van der Waals surface area contributed by atoms with Gasteiger partial charge in [-0.1, -0.05) is 5.73 Å². The molecular weight excluding hydrogens is 776 g/mol. The second-order valence-electron chi connectivity index (χ2n) is 13.9. The van der Waals surface area contributed by atoms with E-state index in [-0.39, 0.29) is 23.7 Å². The summed E-state index contributed by atoms with van der Waals surface area (Å²) in [5.74, 6) is -5.18. The molecule has 1 aromatic rings. The van der Waals surface area contributed by atoms with Crippen molar-refractivity contribution in [3.63, 3.8) is 0 Å². The summed E-state index contributed by atoms with van der Waals surface area (Å²) in [7, 11) is 2.73. The molecule has 2 fully saturated rings. The quantitative estimate of drug-likeness (QED) is 0.0695. The summed E-state index contributed by atoms with van der Waals surface area (Å²) in [4.78, 5) is 26.8. The summed E-state index contributed by atoms with van der Waals surface area (Å²) in [5, 5.41) is 105. The van der Waals surface area contributed by atoms with Gasteiger partial charge < -0.3 is 88.6 Å². The van der Waals surface area contributed by atoms with Crippen molar-refractivity contribution in [2.75, 3.05) is 20.8 Å². The topological polar surface area (TPSA) is 314 Å². The molecule has 0 spiro atoms. The first-order valence-electron chi connectivity index (χ1n) is 17.9. The highest BCUT2D eigenvalue weighted by molar-refractivity contribution is 5.82. The maximum atomic E-state index is 14.1. The lowest BCUT2D eigenvalue weighted by atomic mass is 9.95. The predicted molar refractivity (Wildman–Crippen MR) is 192 cm³/mol. The summed E-state index contributed by atoms with van der Waals surface area (Å²) in [5.41, 5.74) is 1.35. The van der Waals surface area contributed by atoms with Crippen molar-refractivity contribution in [2.45, 2.75) is 99.0 Å². The Morgan fingerprint density at radius 3 is 2.29 bits per heavy atom. The molecule has 316 valence electrons. The molecule has 3 heterocycles. The number of aliphatic hydroxyl groups is 10. The van der Waals surface area contributed by atoms with Crippen LogP contribution in [0.3, 0.4) is 0 Å². The Bertz CT molecular complexity index is 2000. The highest BCUT2D eigenvalue weighted by Gasteiger charge is 2.47. The monoisotopic (exact) mass is 820 g/mol. The van der Waals surface area contributed by atoms with Gasteiger partial charge in [-0.2, -0.15) is 0 Å². The number of allylic oxidation sites excluding steroid dienone is 4. The smallest absolute Gasteiger partial charge is 0.330 e. The van der Waals surface area contributed by atoms with Crippen molar-refractivity contribution < 1.29 is 93.4 Å². The SMILES string of the molecule is COC1=CC(/C=C/C(=O)OCC2O[C@@H](Oc3c(C4C=C=C(O)C(O)=C4)oc4c(c3=O)C(O)=CC(O[C@@H]3OC(C)[C@H](O)C(O)C3O)C4)[C@H](O)C(O)[C@@H]2O)=CC(OC)C1O. The largest absolute Gasteiger partial charge is 0.507 e. The number of ether oxygens (including phenoxy) is 7. The van der Waals surface area contributed by atoms with Crippen molar-refractivity contribution in [2.24, 2.45) is 0 Å². The van der Waals surface area contributed by atoms with Crippen molar-refractivity contribution >= 4 is 11.7 Å². The van der Waals surface area contributed by atoms with Gasteiger partial charge in [-0.3, -0.25) is 4.79 Å². The van der Waals surface area contributed by atoms with Crippen LogP contribution in [-0.4, -0.2) is 158 Å². The van der Waals surface area contributed by atoms with E-state index in [2.05, 4.69) is 5.73 Å². The van der Waals surface area contributed by atoms with E-state index in [0.29, 0.717) is 5.57 Å². The van der Waals surface area contributed by atoms with Crippen LogP contribution in [0, 0.1) is 0 Å². The highest BCUT2D eigenvalue weighted by Crippen LogP contribution is 2.37. The lowest BCUT2D eigenvalue weighted by Crippen LogP contribution is -2.60. The van der Waals surface area contributed by atoms with Gasteiger partial charge in [0.05, 0.1) is 25.2 Å². The van der Waals surface area contributed by atoms with Crippen LogP contribution in [0.2, 0.25) is 0 Å². The van der Waals surface area contributed by atoms with Gasteiger partial charge in [0.15, 0.2) is 17.8 Å². The summed E-state index contributed by atoms with van der Waals surface area (Å²) in [6, 6.07) is 0. The van der Waals surface area contributed by atoms with Crippen molar-refractivity contribution in [1.29, 1.82) is 0 Å². The Balaban J connectivity index is 1.24. The van der Waals surface area contributed by atoms with Gasteiger partial charge in [-0.15, -0.1) is 0 Å². The van der Waals surface area contributed by atoms with E-state index in [9.17, 15) is 60.7 Å². The molecule has 9 unspecified atom stereocenters. The number of esters is 1. The predicted octanol–water partition coefficient (Wildman–Crippen LogP) is -1.42. The number of methoxy groups -OCH3 is 2. The molecule has 6 rings (SSSR count). The number of rotatable bonds is 11. The number of hydrogen-bond acceptors (Lipinski definition) is 20. The molecule has 2 saturated heterocycles. The number of carbonyl (C=O) groups excluding carboxylic acids is 1. The van der Waals surface area contributed by atoms with Gasteiger partial charge in [-0.05, 0) is 49.0 Å². The molecule has 0 saturated carbocycles. The zero-order chi connectivity index (χ0) is 42.2. The normalized spacial score (nSPS) is 36.2. The molecule has 5 aliphatic rings. The van der Waals surface area contributed by atoms with Gasteiger partial charge >= 0.3 is 5.97 Å². The number of fused-ring (bicyclic) bond motifs is 1. The Morgan fingerprint density at radius 1 is 0.897 bits per heavy atom. The van der Waals surface area contributed by atoms with Crippen LogP contribution in [0.1, 0.15) is 29.9 Å². The summed E-state index contributed by atoms with van der Waals surface area (Å²) in [6.45, 7) is 0.749. The van der Waals surface area contributed by atoms with Crippen LogP contribution < -0.4 is 10.2 Å². The second kappa shape index (κ2) is 17.6. The minimum Gasteiger partial charge on any atom is -0.507 e. The molecule has 2 aliphatic heterocycles. The Kier molecular flexibility index (Phi) is 13.0. The minimum atomic E-state index is -2.02. The third-order valence-corrected chi connectivity index (χ3v) is 10.0. The fourth-order valence-corrected chi connectivity index (χ4v) is 6.76. The standard InChI is InChI=1S/C38H44O20/c1-14-27(43)31(47)33(49)37(54-14)55-17-11-20(41)26-21(12-17)56-35(16-5-6-18(39)19(40)10-16)36(30(26)46)58-38-34(50)32(48)29(45)24(57-38)13-53-25(42)7-4-15-8-22(51-2)28(44)23(9-15)52-3/h4-5,7-11,14,16-17,22,24,27-29,31-34,37-41,43-45,47-50H,12-13H2,1-3H3/b7-4+/t14?,16?,17?,22?,24?,27-,28?,29+,31?,32?,33?,34+,37-,38-/m0/s1. The molecule has 20 nitrogen and oxygen atoms in total. The van der Waals surface area contributed by atoms with Gasteiger partial charge in [-0.25, -0.2) is 4.79 Å². The molecule has 1 aromatic heterocycles. The molecule has 0 aromatic carbocycles. The first-order chi connectivity index (χ1) is 27.5. The van der Waals surface area contributed by atoms with Crippen LogP contribution in [0.15, 0.2) is 80.3 Å². The van der Waals surface area contributed by atoms with E-state index in [4.69, 9.17) is 37.6 Å². The van der Waals surface area contributed by atoms with Crippen LogP contribution in [0.25, 0.3) is 5.76 Å². The molecule has 0 radical (unpaired) electrons. The van der Waals surface area contributed by atoms with Crippen molar-refractivity contribution in [3.8, 4) is 5.75 Å². The third-order valence-electron chi connectivity index (χ3n) is 10.0. The molecular formula is C38H44O20. The molecule has 0 amide bonds. The third kappa shape index (κ3) is 8.64. The number of carbonyl (C=O) groups is 1. The van der Waals surface area contributed by atoms with E-state index in [1.54, 1.807) is 0 Å². The van der Waals surface area contributed by atoms with Crippen LogP contribution >= 0.6 is 0 Å². The van der Waals surface area contributed by atoms with Gasteiger partial charge in [0, 0.05) is 19.6 Å². The average molecular weight is 821 g/mol. The van der Waals surface area contributed by atoms with Crippen molar-refractivity contribution in [3.05, 3.63) is 98.4 Å². The molecule has 3 aliphatic carbocycles. The number of aliphatic hydroxyl groups excluding tert-OH is 10. The fourth-order valence-electron chi connectivity index (χ4n) is 6.76. The zero-order valence-electron chi connectivity index (χ0n) is 31.1. The Labute approximate surface area is 328 Å². The molecule has 20 heteroatoms. The van der Waals surface area contributed by atoms with E-state index >= 15 is 0 Å². The van der Waals surface area contributed by atoms with Crippen LogP contribution in [-0.2, 0) is 39.6 Å². The molecule has 0 bridgehead atoms. The lowest BCUT2D eigenvalue weighted by Gasteiger charge is -2.40.